The van der Waals surface area contributed by atoms with Crippen LogP contribution in [-0.4, -0.2) is 17.2 Å². The molecule has 7 heteroatoms. The first kappa shape index (κ1) is 16.2. The van der Waals surface area contributed by atoms with Crippen molar-refractivity contribution in [1.82, 2.24) is 5.53 Å². The number of nitrogens with zero attached hydrogens (tertiary/aromatic N) is 1. The standard InChI is InChI=1S/C16H15FN4O2/c17-14-8-11(7-13(9-22)15(14)23)2-1-10-3-5-12(6-4-10)16(18)20-21-19/h1-9,21,23H,19H2,(H2,18,20)/b2-1+. The number of rotatable bonds is 5. The number of hydrazone groups is 1. The normalized spacial score (nSPS) is 11.7. The van der Waals surface area contributed by atoms with Gasteiger partial charge in [-0.05, 0) is 23.3 Å². The van der Waals surface area contributed by atoms with E-state index >= 15 is 0 Å². The summed E-state index contributed by atoms with van der Waals surface area (Å²) < 4.78 is 13.5. The van der Waals surface area contributed by atoms with Crippen molar-refractivity contribution in [3.63, 3.8) is 0 Å². The summed E-state index contributed by atoms with van der Waals surface area (Å²) in [5.41, 5.74) is 9.68. The minimum atomic E-state index is -0.845. The van der Waals surface area contributed by atoms with Gasteiger partial charge in [0.1, 0.15) is 0 Å². The second kappa shape index (κ2) is 7.19. The van der Waals surface area contributed by atoms with Gasteiger partial charge in [-0.15, -0.1) is 5.10 Å². The SMILES string of the molecule is NN/N=C(\N)c1ccc(/C=C/c2cc(F)c(O)c(C=O)c2)cc1. The molecule has 0 heterocycles. The fraction of sp³-hybridized carbons (Fsp3) is 0. The molecule has 6 N–H and O–H groups in total. The smallest absolute Gasteiger partial charge is 0.166 e. The summed E-state index contributed by atoms with van der Waals surface area (Å²) in [7, 11) is 0. The fourth-order valence-corrected chi connectivity index (χ4v) is 1.92. The Bertz CT molecular complexity index is 770. The number of hydrazine groups is 1. The highest BCUT2D eigenvalue weighted by Gasteiger charge is 2.07. The van der Waals surface area contributed by atoms with E-state index in [1.807, 2.05) is 0 Å². The number of aldehydes is 1. The maximum absolute atomic E-state index is 13.5. The van der Waals surface area contributed by atoms with Gasteiger partial charge in [0.2, 0.25) is 0 Å². The number of nitrogens with one attached hydrogen (secondary N) is 1. The quantitative estimate of drug-likeness (QED) is 0.167. The van der Waals surface area contributed by atoms with Gasteiger partial charge in [0.05, 0.1) is 5.56 Å². The highest BCUT2D eigenvalue weighted by atomic mass is 19.1. The number of hydrogen-bond donors (Lipinski definition) is 4. The molecule has 0 fully saturated rings. The number of aromatic hydroxyl groups is 1. The average molecular weight is 314 g/mol. The maximum atomic E-state index is 13.5. The minimum absolute atomic E-state index is 0.0988. The zero-order chi connectivity index (χ0) is 16.8. The van der Waals surface area contributed by atoms with Crippen molar-refractivity contribution in [3.8, 4) is 5.75 Å². The Kier molecular flexibility index (Phi) is 5.06. The van der Waals surface area contributed by atoms with Crippen molar-refractivity contribution >= 4 is 24.3 Å². The Morgan fingerprint density at radius 1 is 1.17 bits per heavy atom. The highest BCUT2D eigenvalue weighted by Crippen LogP contribution is 2.22. The van der Waals surface area contributed by atoms with Crippen LogP contribution < -0.4 is 17.1 Å². The second-order valence-corrected chi connectivity index (χ2v) is 4.64. The Hall–Kier alpha value is -3.19. The summed E-state index contributed by atoms with van der Waals surface area (Å²) in [6, 6.07) is 9.64. The molecule has 0 aromatic heterocycles. The average Bonchev–Trinajstić information content (AvgIpc) is 2.56. The van der Waals surface area contributed by atoms with Crippen molar-refractivity contribution < 1.29 is 14.3 Å². The summed E-state index contributed by atoms with van der Waals surface area (Å²) in [6.07, 6.45) is 3.76. The van der Waals surface area contributed by atoms with Gasteiger partial charge in [0.25, 0.3) is 0 Å². The number of benzene rings is 2. The lowest BCUT2D eigenvalue weighted by Gasteiger charge is -2.02. The molecule has 0 aliphatic carbocycles. The van der Waals surface area contributed by atoms with Gasteiger partial charge >= 0.3 is 0 Å². The highest BCUT2D eigenvalue weighted by molar-refractivity contribution is 5.97. The third-order valence-corrected chi connectivity index (χ3v) is 3.10. The maximum Gasteiger partial charge on any atom is 0.166 e. The van der Waals surface area contributed by atoms with Crippen LogP contribution in [0.4, 0.5) is 4.39 Å². The van der Waals surface area contributed by atoms with Gasteiger partial charge in [-0.3, -0.25) is 4.79 Å². The Morgan fingerprint density at radius 3 is 2.43 bits per heavy atom. The molecule has 0 saturated heterocycles. The van der Waals surface area contributed by atoms with Crippen LogP contribution >= 0.6 is 0 Å². The van der Waals surface area contributed by atoms with Crippen LogP contribution in [0.5, 0.6) is 5.75 Å². The molecule has 0 aliphatic heterocycles. The van der Waals surface area contributed by atoms with Crippen LogP contribution in [-0.2, 0) is 0 Å². The van der Waals surface area contributed by atoms with Crippen molar-refractivity contribution in [3.05, 3.63) is 64.5 Å². The summed E-state index contributed by atoms with van der Waals surface area (Å²) in [4.78, 5) is 10.8. The molecule has 2 aromatic carbocycles. The third kappa shape index (κ3) is 3.92. The number of halogens is 1. The molecule has 6 nitrogen and oxygen atoms in total. The Labute approximate surface area is 131 Å². The molecular weight excluding hydrogens is 299 g/mol. The van der Waals surface area contributed by atoms with Gasteiger partial charge in [0.15, 0.2) is 23.7 Å². The summed E-state index contributed by atoms with van der Waals surface area (Å²) in [5, 5.41) is 13.0. The summed E-state index contributed by atoms with van der Waals surface area (Å²) >= 11 is 0. The summed E-state index contributed by atoms with van der Waals surface area (Å²) in [6.45, 7) is 0. The molecular formula is C16H15FN4O2. The zero-order valence-corrected chi connectivity index (χ0v) is 12.0. The van der Waals surface area contributed by atoms with Gasteiger partial charge in [-0.2, -0.15) is 0 Å². The van der Waals surface area contributed by atoms with E-state index in [9.17, 15) is 14.3 Å². The van der Waals surface area contributed by atoms with E-state index < -0.39 is 11.6 Å². The molecule has 2 aromatic rings. The zero-order valence-electron chi connectivity index (χ0n) is 12.0. The molecule has 118 valence electrons. The van der Waals surface area contributed by atoms with Crippen molar-refractivity contribution in [2.75, 3.05) is 0 Å². The number of carbonyl (C=O) groups is 1. The number of hydrogen-bond acceptors (Lipinski definition) is 5. The minimum Gasteiger partial charge on any atom is -0.504 e. The van der Waals surface area contributed by atoms with Crippen LogP contribution in [0.15, 0.2) is 41.5 Å². The van der Waals surface area contributed by atoms with Gasteiger partial charge in [0, 0.05) is 5.56 Å². The molecule has 0 unspecified atom stereocenters. The van der Waals surface area contributed by atoms with Crippen molar-refractivity contribution in [1.29, 1.82) is 0 Å². The predicted molar refractivity (Wildman–Crippen MR) is 86.9 cm³/mol. The van der Waals surface area contributed by atoms with Crippen LogP contribution in [0.2, 0.25) is 0 Å². The van der Waals surface area contributed by atoms with E-state index in [0.29, 0.717) is 17.4 Å². The fourth-order valence-electron chi connectivity index (χ4n) is 1.92. The molecule has 0 radical (unpaired) electrons. The third-order valence-electron chi connectivity index (χ3n) is 3.10. The van der Waals surface area contributed by atoms with E-state index in [0.717, 1.165) is 11.6 Å². The van der Waals surface area contributed by atoms with Crippen molar-refractivity contribution in [2.24, 2.45) is 16.7 Å². The van der Waals surface area contributed by atoms with E-state index in [1.165, 1.54) is 6.07 Å². The van der Waals surface area contributed by atoms with E-state index in [1.54, 1.807) is 36.4 Å². The molecule has 0 bridgehead atoms. The van der Waals surface area contributed by atoms with Crippen LogP contribution in [0.3, 0.4) is 0 Å². The molecule has 0 amide bonds. The van der Waals surface area contributed by atoms with Gasteiger partial charge in [-0.1, -0.05) is 36.4 Å². The number of phenolic OH excluding ortho intramolecular Hbond substituents is 1. The molecule has 2 rings (SSSR count). The first-order valence-corrected chi connectivity index (χ1v) is 6.60. The summed E-state index contributed by atoms with van der Waals surface area (Å²) in [5.74, 6) is 3.81. The lowest BCUT2D eigenvalue weighted by atomic mass is 10.1. The lowest BCUT2D eigenvalue weighted by Crippen LogP contribution is -2.22. The molecule has 0 atom stereocenters. The Morgan fingerprint density at radius 2 is 1.83 bits per heavy atom. The number of nitrogens with two attached hydrogens (primary N) is 2. The first-order valence-electron chi connectivity index (χ1n) is 6.60. The van der Waals surface area contributed by atoms with Gasteiger partial charge in [-0.25, -0.2) is 15.8 Å². The molecule has 23 heavy (non-hydrogen) atoms. The first-order chi connectivity index (χ1) is 11.0. The van der Waals surface area contributed by atoms with Crippen LogP contribution in [0.1, 0.15) is 27.0 Å². The van der Waals surface area contributed by atoms with Gasteiger partial charge < -0.3 is 10.8 Å². The molecule has 0 spiro atoms. The largest absolute Gasteiger partial charge is 0.504 e. The van der Waals surface area contributed by atoms with E-state index in [4.69, 9.17) is 11.6 Å². The molecule has 0 saturated carbocycles. The Balaban J connectivity index is 2.22. The number of phenols is 1. The predicted octanol–water partition coefficient (Wildman–Crippen LogP) is 1.60. The molecule has 0 aliphatic rings. The topological polar surface area (TPSA) is 114 Å². The van der Waals surface area contributed by atoms with Crippen LogP contribution in [0.25, 0.3) is 12.2 Å². The van der Waals surface area contributed by atoms with E-state index in [2.05, 4.69) is 10.6 Å². The number of amidine groups is 1. The van der Waals surface area contributed by atoms with Crippen molar-refractivity contribution in [2.45, 2.75) is 0 Å². The second-order valence-electron chi connectivity index (χ2n) is 4.64. The lowest BCUT2D eigenvalue weighted by molar-refractivity contribution is 0.112. The van der Waals surface area contributed by atoms with E-state index in [-0.39, 0.29) is 11.4 Å². The monoisotopic (exact) mass is 314 g/mol. The van der Waals surface area contributed by atoms with Crippen LogP contribution in [0, 0.1) is 5.82 Å². The number of carbonyl (C=O) groups excluding carboxylic acids is 1.